The molecule has 0 aromatic heterocycles. The molecule has 1 aliphatic heterocycles. The molecule has 0 fully saturated rings. The van der Waals surface area contributed by atoms with Crippen LogP contribution in [0.3, 0.4) is 0 Å². The Morgan fingerprint density at radius 3 is 3.00 bits per heavy atom. The van der Waals surface area contributed by atoms with Crippen molar-refractivity contribution in [2.24, 2.45) is 5.16 Å². The van der Waals surface area contributed by atoms with E-state index in [0.717, 1.165) is 0 Å². The van der Waals surface area contributed by atoms with Gasteiger partial charge in [0.05, 0.1) is 0 Å². The summed E-state index contributed by atoms with van der Waals surface area (Å²) in [5.41, 5.74) is 0. The van der Waals surface area contributed by atoms with Crippen molar-refractivity contribution in [1.82, 2.24) is 0 Å². The molecule has 0 aromatic carbocycles. The van der Waals surface area contributed by atoms with Crippen LogP contribution >= 0.6 is 0 Å². The second-order valence-electron chi connectivity index (χ2n) is 1.21. The molecule has 0 aliphatic carbocycles. The summed E-state index contributed by atoms with van der Waals surface area (Å²) in [6.45, 7) is 0.219. The molecular formula is C3H3N2O3. The summed E-state index contributed by atoms with van der Waals surface area (Å²) in [6.07, 6.45) is 1.31. The quantitative estimate of drug-likeness (QED) is 0.324. The minimum atomic E-state index is -0.590. The Balaban J connectivity index is 2.57. The van der Waals surface area contributed by atoms with Crippen molar-refractivity contribution in [3.05, 3.63) is 16.5 Å². The number of hydrogen-bond donors (Lipinski definition) is 0. The summed E-state index contributed by atoms with van der Waals surface area (Å²) in [5, 5.41) is 12.9. The number of oxime groups is 1. The maximum atomic E-state index is 9.77. The second kappa shape index (κ2) is 1.77. The van der Waals surface area contributed by atoms with Gasteiger partial charge in [-0.25, -0.2) is 0 Å². The van der Waals surface area contributed by atoms with Crippen molar-refractivity contribution in [1.29, 1.82) is 0 Å². The van der Waals surface area contributed by atoms with Gasteiger partial charge in [0.2, 0.25) is 0 Å². The molecule has 1 rings (SSSR count). The molecule has 5 heteroatoms. The summed E-state index contributed by atoms with van der Waals surface area (Å²) >= 11 is 0. The second-order valence-corrected chi connectivity index (χ2v) is 1.21. The van der Waals surface area contributed by atoms with Crippen LogP contribution in [0.1, 0.15) is 0 Å². The lowest BCUT2D eigenvalue weighted by atomic mass is 10.4. The molecule has 1 heterocycles. The summed E-state index contributed by atoms with van der Waals surface area (Å²) < 4.78 is 0. The highest BCUT2D eigenvalue weighted by molar-refractivity contribution is 5.83. The fraction of sp³-hybridized carbons (Fsp3) is 0.333. The Hall–Kier alpha value is -1.13. The van der Waals surface area contributed by atoms with E-state index in [0.29, 0.717) is 0 Å². The normalized spacial score (nSPS) is 17.2. The molecule has 0 saturated heterocycles. The Labute approximate surface area is 45.1 Å². The minimum Gasteiger partial charge on any atom is -0.358 e. The number of rotatable bonds is 0. The van der Waals surface area contributed by atoms with Gasteiger partial charge in [-0.1, -0.05) is 0 Å². The van der Waals surface area contributed by atoms with Crippen LogP contribution in [-0.4, -0.2) is 17.4 Å². The van der Waals surface area contributed by atoms with Gasteiger partial charge in [0.25, 0.3) is 0 Å². The molecule has 0 saturated carbocycles. The van der Waals surface area contributed by atoms with E-state index in [-0.39, 0.29) is 12.4 Å². The highest BCUT2D eigenvalue weighted by Gasteiger charge is 2.20. The third-order valence-electron chi connectivity index (χ3n) is 0.686. The molecule has 0 bridgehead atoms. The van der Waals surface area contributed by atoms with Gasteiger partial charge in [-0.05, 0) is 4.92 Å². The van der Waals surface area contributed by atoms with Gasteiger partial charge in [-0.2, -0.15) is 0 Å². The average molecular weight is 115 g/mol. The van der Waals surface area contributed by atoms with Crippen molar-refractivity contribution in [3.63, 3.8) is 0 Å². The van der Waals surface area contributed by atoms with E-state index < -0.39 is 4.92 Å². The summed E-state index contributed by atoms with van der Waals surface area (Å²) in [5.74, 6) is -0.204. The van der Waals surface area contributed by atoms with Crippen LogP contribution in [0, 0.1) is 16.5 Å². The summed E-state index contributed by atoms with van der Waals surface area (Å²) in [7, 11) is 0. The van der Waals surface area contributed by atoms with Crippen molar-refractivity contribution in [2.45, 2.75) is 0 Å². The smallest absolute Gasteiger partial charge is 0.358 e. The van der Waals surface area contributed by atoms with Gasteiger partial charge in [0.1, 0.15) is 6.42 Å². The zero-order valence-corrected chi connectivity index (χ0v) is 3.90. The Morgan fingerprint density at radius 1 is 2.00 bits per heavy atom. The predicted octanol–water partition coefficient (Wildman–Crippen LogP) is -0.189. The first-order chi connectivity index (χ1) is 3.80. The molecule has 0 aromatic rings. The van der Waals surface area contributed by atoms with E-state index in [1.807, 2.05) is 0 Å². The van der Waals surface area contributed by atoms with Crippen LogP contribution < -0.4 is 0 Å². The molecule has 43 valence electrons. The molecule has 8 heavy (non-hydrogen) atoms. The van der Waals surface area contributed by atoms with Crippen LogP contribution in [0.4, 0.5) is 0 Å². The van der Waals surface area contributed by atoms with E-state index in [1.165, 1.54) is 6.42 Å². The maximum Gasteiger partial charge on any atom is 0.393 e. The topological polar surface area (TPSA) is 64.7 Å². The molecule has 0 unspecified atom stereocenters. The number of hydrogen-bond acceptors (Lipinski definition) is 4. The molecule has 1 radical (unpaired) electrons. The largest absolute Gasteiger partial charge is 0.393 e. The third-order valence-corrected chi connectivity index (χ3v) is 0.686. The number of amidine groups is 1. The standard InChI is InChI=1S/C3H3N2O3/c6-5(7)3-1-2-8-4-3/h1H,2H2. The van der Waals surface area contributed by atoms with E-state index in [1.54, 1.807) is 0 Å². The minimum absolute atomic E-state index is 0.204. The Bertz CT molecular complexity index is 141. The molecule has 1 aliphatic rings. The van der Waals surface area contributed by atoms with Crippen molar-refractivity contribution < 1.29 is 9.76 Å². The first-order valence-corrected chi connectivity index (χ1v) is 1.98. The van der Waals surface area contributed by atoms with Gasteiger partial charge >= 0.3 is 5.84 Å². The number of nitrogens with zero attached hydrogens (tertiary/aromatic N) is 2. The van der Waals surface area contributed by atoms with Crippen LogP contribution in [-0.2, 0) is 4.84 Å². The van der Waals surface area contributed by atoms with Gasteiger partial charge < -0.3 is 10.1 Å². The summed E-state index contributed by atoms with van der Waals surface area (Å²) in [4.78, 5) is 13.5. The first kappa shape index (κ1) is 5.02. The lowest BCUT2D eigenvalue weighted by molar-refractivity contribution is -0.350. The SMILES string of the molecule is O=[N+]([O-])C1=NOC[CH]1. The van der Waals surface area contributed by atoms with Crippen molar-refractivity contribution in [2.75, 3.05) is 6.61 Å². The Kier molecular flexibility index (Phi) is 1.11. The molecule has 0 N–H and O–H groups in total. The van der Waals surface area contributed by atoms with Gasteiger partial charge in [0, 0.05) is 0 Å². The highest BCUT2D eigenvalue weighted by atomic mass is 16.7. The zero-order chi connectivity index (χ0) is 5.98. The fourth-order valence-corrected chi connectivity index (χ4v) is 0.360. The van der Waals surface area contributed by atoms with Crippen LogP contribution in [0.25, 0.3) is 0 Å². The monoisotopic (exact) mass is 115 g/mol. The van der Waals surface area contributed by atoms with E-state index in [2.05, 4.69) is 9.99 Å². The molecule has 0 atom stereocenters. The van der Waals surface area contributed by atoms with E-state index >= 15 is 0 Å². The van der Waals surface area contributed by atoms with Crippen LogP contribution in [0.2, 0.25) is 0 Å². The van der Waals surface area contributed by atoms with Crippen molar-refractivity contribution >= 4 is 5.84 Å². The molecular weight excluding hydrogens is 112 g/mol. The van der Waals surface area contributed by atoms with E-state index in [4.69, 9.17) is 0 Å². The average Bonchev–Trinajstić information content (AvgIpc) is 2.12. The molecule has 0 spiro atoms. The number of nitro groups is 1. The third kappa shape index (κ3) is 0.749. The molecule has 0 amide bonds. The predicted molar refractivity (Wildman–Crippen MR) is 24.7 cm³/mol. The van der Waals surface area contributed by atoms with Crippen LogP contribution in [0.15, 0.2) is 5.16 Å². The first-order valence-electron chi connectivity index (χ1n) is 1.98. The van der Waals surface area contributed by atoms with Gasteiger partial charge in [-0.15, -0.1) is 0 Å². The Morgan fingerprint density at radius 2 is 2.75 bits per heavy atom. The lowest BCUT2D eigenvalue weighted by Crippen LogP contribution is -2.08. The molecule has 5 nitrogen and oxygen atoms in total. The van der Waals surface area contributed by atoms with Gasteiger partial charge in [0.15, 0.2) is 11.8 Å². The fourth-order valence-electron chi connectivity index (χ4n) is 0.360. The highest BCUT2D eigenvalue weighted by Crippen LogP contribution is 1.97. The lowest BCUT2D eigenvalue weighted by Gasteiger charge is -1.83. The zero-order valence-electron chi connectivity index (χ0n) is 3.90. The van der Waals surface area contributed by atoms with E-state index in [9.17, 15) is 10.1 Å². The summed E-state index contributed by atoms with van der Waals surface area (Å²) in [6, 6.07) is 0. The van der Waals surface area contributed by atoms with Gasteiger partial charge in [-0.3, -0.25) is 4.84 Å². The maximum absolute atomic E-state index is 9.77. The van der Waals surface area contributed by atoms with Crippen LogP contribution in [0.5, 0.6) is 0 Å². The van der Waals surface area contributed by atoms with Crippen molar-refractivity contribution in [3.8, 4) is 0 Å².